The number of fused-ring (bicyclic) bond motifs is 1. The van der Waals surface area contributed by atoms with Gasteiger partial charge < -0.3 is 19.7 Å². The van der Waals surface area contributed by atoms with Crippen molar-refractivity contribution in [1.29, 1.82) is 0 Å². The molecule has 4 rings (SSSR count). The minimum absolute atomic E-state index is 0.0723. The van der Waals surface area contributed by atoms with E-state index in [1.54, 1.807) is 0 Å². The molecular weight excluding hydrogens is 304 g/mol. The van der Waals surface area contributed by atoms with Crippen LogP contribution in [0.3, 0.4) is 0 Å². The minimum atomic E-state index is -0.290. The minimum Gasteiger partial charge on any atom is -0.392 e. The molecule has 2 atom stereocenters. The maximum absolute atomic E-state index is 12.8. The zero-order chi connectivity index (χ0) is 16.7. The number of nitrogens with one attached hydrogen (secondary N) is 1. The molecule has 128 valence electrons. The van der Waals surface area contributed by atoms with Crippen molar-refractivity contribution < 1.29 is 14.6 Å². The summed E-state index contributed by atoms with van der Waals surface area (Å²) in [6.07, 6.45) is 4.09. The van der Waals surface area contributed by atoms with Crippen molar-refractivity contribution in [2.24, 2.45) is 5.41 Å². The summed E-state index contributed by atoms with van der Waals surface area (Å²) in [5, 5.41) is 11.4. The number of piperidine rings is 1. The van der Waals surface area contributed by atoms with Crippen molar-refractivity contribution in [3.63, 3.8) is 0 Å². The molecular formula is C19H24N2O3. The monoisotopic (exact) mass is 328 g/mol. The van der Waals surface area contributed by atoms with Crippen LogP contribution in [0.25, 0.3) is 10.9 Å². The van der Waals surface area contributed by atoms with Crippen LogP contribution in [0.15, 0.2) is 30.5 Å². The highest BCUT2D eigenvalue weighted by molar-refractivity contribution is 5.98. The maximum Gasteiger partial charge on any atom is 0.253 e. The average Bonchev–Trinajstić information content (AvgIpc) is 3.09. The number of rotatable bonds is 3. The molecule has 2 aromatic rings. The first-order chi connectivity index (χ1) is 11.6. The summed E-state index contributed by atoms with van der Waals surface area (Å²) < 4.78 is 5.79. The van der Waals surface area contributed by atoms with Gasteiger partial charge in [-0.05, 0) is 43.4 Å². The Balaban J connectivity index is 1.46. The van der Waals surface area contributed by atoms with E-state index in [1.165, 1.54) is 0 Å². The first-order valence-corrected chi connectivity index (χ1v) is 8.80. The molecule has 2 aliphatic rings. The van der Waals surface area contributed by atoms with Crippen molar-refractivity contribution in [1.82, 2.24) is 9.88 Å². The molecule has 1 aliphatic carbocycles. The Morgan fingerprint density at radius 2 is 2.17 bits per heavy atom. The average molecular weight is 328 g/mol. The van der Waals surface area contributed by atoms with Gasteiger partial charge in [0, 0.05) is 48.8 Å². The van der Waals surface area contributed by atoms with Gasteiger partial charge in [-0.2, -0.15) is 0 Å². The van der Waals surface area contributed by atoms with Crippen molar-refractivity contribution in [3.8, 4) is 0 Å². The molecule has 0 radical (unpaired) electrons. The van der Waals surface area contributed by atoms with E-state index in [0.29, 0.717) is 19.7 Å². The first-order valence-electron chi connectivity index (χ1n) is 8.80. The number of H-pyrrole nitrogens is 1. The van der Waals surface area contributed by atoms with E-state index in [2.05, 4.69) is 4.98 Å². The zero-order valence-corrected chi connectivity index (χ0v) is 14.0. The quantitative estimate of drug-likeness (QED) is 0.910. The Morgan fingerprint density at radius 3 is 2.88 bits per heavy atom. The molecule has 2 fully saturated rings. The molecule has 5 nitrogen and oxygen atoms in total. The summed E-state index contributed by atoms with van der Waals surface area (Å²) in [6.45, 7) is 4.04. The van der Waals surface area contributed by atoms with Crippen LogP contribution in [0.5, 0.6) is 0 Å². The molecule has 1 aromatic heterocycles. The number of nitrogens with zero attached hydrogens (tertiary/aromatic N) is 1. The Hall–Kier alpha value is -1.85. The van der Waals surface area contributed by atoms with E-state index in [4.69, 9.17) is 4.74 Å². The van der Waals surface area contributed by atoms with Gasteiger partial charge in [-0.25, -0.2) is 0 Å². The summed E-state index contributed by atoms with van der Waals surface area (Å²) in [5.74, 6) is 0.0723. The molecule has 1 aromatic carbocycles. The van der Waals surface area contributed by atoms with E-state index < -0.39 is 0 Å². The lowest BCUT2D eigenvalue weighted by atomic mass is 9.58. The Morgan fingerprint density at radius 1 is 1.38 bits per heavy atom. The van der Waals surface area contributed by atoms with E-state index in [9.17, 15) is 9.90 Å². The van der Waals surface area contributed by atoms with Crippen molar-refractivity contribution in [3.05, 3.63) is 36.0 Å². The van der Waals surface area contributed by atoms with Crippen LogP contribution in [0.4, 0.5) is 0 Å². The predicted molar refractivity (Wildman–Crippen MR) is 91.9 cm³/mol. The highest BCUT2D eigenvalue weighted by Crippen LogP contribution is 2.51. The molecule has 0 unspecified atom stereocenters. The number of aromatic nitrogens is 1. The number of carbonyl (C=O) groups is 1. The van der Waals surface area contributed by atoms with Gasteiger partial charge in [0.05, 0.1) is 12.2 Å². The first kappa shape index (κ1) is 15.7. The standard InChI is InChI=1S/C19H24N2O3/c1-2-24-17-12-16(22)19(17)6-9-21(10-7-19)18(23)14-4-3-13-5-8-20-15(13)11-14/h3-5,8,11,16-17,20,22H,2,6-7,9-10,12H2,1H3/t16-,17-/m1/s1. The number of aliphatic hydroxyl groups is 1. The molecule has 1 saturated heterocycles. The van der Waals surface area contributed by atoms with Gasteiger partial charge in [0.1, 0.15) is 0 Å². The molecule has 1 aliphatic heterocycles. The van der Waals surface area contributed by atoms with Crippen LogP contribution in [0.1, 0.15) is 36.5 Å². The molecule has 0 bridgehead atoms. The lowest BCUT2D eigenvalue weighted by Crippen LogP contribution is -2.62. The fourth-order valence-corrected chi connectivity index (χ4v) is 4.31. The highest BCUT2D eigenvalue weighted by Gasteiger charge is 2.56. The largest absolute Gasteiger partial charge is 0.392 e. The summed E-state index contributed by atoms with van der Waals surface area (Å²) >= 11 is 0. The summed E-state index contributed by atoms with van der Waals surface area (Å²) in [6, 6.07) is 7.79. The van der Waals surface area contributed by atoms with E-state index in [-0.39, 0.29) is 23.5 Å². The Bertz CT molecular complexity index is 744. The number of amides is 1. The lowest BCUT2D eigenvalue weighted by Gasteiger charge is -2.56. The fraction of sp³-hybridized carbons (Fsp3) is 0.526. The Kier molecular flexibility index (Phi) is 3.85. The third-order valence-corrected chi connectivity index (χ3v) is 5.89. The Labute approximate surface area is 141 Å². The summed E-state index contributed by atoms with van der Waals surface area (Å²) in [5.41, 5.74) is 1.56. The fourth-order valence-electron chi connectivity index (χ4n) is 4.31. The molecule has 1 amide bonds. The van der Waals surface area contributed by atoms with Gasteiger partial charge in [-0.15, -0.1) is 0 Å². The maximum atomic E-state index is 12.8. The van der Waals surface area contributed by atoms with Gasteiger partial charge in [0.15, 0.2) is 0 Å². The third kappa shape index (κ3) is 2.34. The number of likely N-dealkylation sites (tertiary alicyclic amines) is 1. The van der Waals surface area contributed by atoms with Crippen LogP contribution in [0, 0.1) is 5.41 Å². The molecule has 1 spiro atoms. The third-order valence-electron chi connectivity index (χ3n) is 5.89. The van der Waals surface area contributed by atoms with E-state index in [0.717, 1.165) is 35.7 Å². The normalized spacial score (nSPS) is 25.8. The number of aliphatic hydroxyl groups excluding tert-OH is 1. The molecule has 2 N–H and O–H groups in total. The van der Waals surface area contributed by atoms with Crippen LogP contribution >= 0.6 is 0 Å². The van der Waals surface area contributed by atoms with Crippen LogP contribution in [-0.4, -0.2) is 52.8 Å². The van der Waals surface area contributed by atoms with Crippen molar-refractivity contribution >= 4 is 16.8 Å². The van der Waals surface area contributed by atoms with Crippen LogP contribution < -0.4 is 0 Å². The summed E-state index contributed by atoms with van der Waals surface area (Å²) in [7, 11) is 0. The second kappa shape index (κ2) is 5.90. The molecule has 2 heterocycles. The van der Waals surface area contributed by atoms with Gasteiger partial charge in [0.25, 0.3) is 5.91 Å². The molecule has 1 saturated carbocycles. The highest BCUT2D eigenvalue weighted by atomic mass is 16.5. The van der Waals surface area contributed by atoms with Crippen molar-refractivity contribution in [2.75, 3.05) is 19.7 Å². The molecule has 5 heteroatoms. The van der Waals surface area contributed by atoms with E-state index in [1.807, 2.05) is 42.3 Å². The van der Waals surface area contributed by atoms with Crippen LogP contribution in [0.2, 0.25) is 0 Å². The van der Waals surface area contributed by atoms with Gasteiger partial charge in [-0.1, -0.05) is 6.07 Å². The smallest absolute Gasteiger partial charge is 0.253 e. The number of benzene rings is 1. The van der Waals surface area contributed by atoms with E-state index >= 15 is 0 Å². The topological polar surface area (TPSA) is 65.6 Å². The number of hydrogen-bond acceptors (Lipinski definition) is 3. The second-order valence-electron chi connectivity index (χ2n) is 7.00. The zero-order valence-electron chi connectivity index (χ0n) is 14.0. The van der Waals surface area contributed by atoms with Gasteiger partial charge in [-0.3, -0.25) is 4.79 Å². The van der Waals surface area contributed by atoms with Gasteiger partial charge in [0.2, 0.25) is 0 Å². The van der Waals surface area contributed by atoms with Crippen molar-refractivity contribution in [2.45, 2.75) is 38.4 Å². The number of ether oxygens (including phenoxy) is 1. The SMILES string of the molecule is CCO[C@@H]1C[C@@H](O)C12CCN(C(=O)c1ccc3cc[nH]c3c1)CC2. The second-order valence-corrected chi connectivity index (χ2v) is 7.00. The number of aromatic amines is 1. The number of carbonyl (C=O) groups excluding carboxylic acids is 1. The van der Waals surface area contributed by atoms with Crippen LogP contribution in [-0.2, 0) is 4.74 Å². The molecule has 24 heavy (non-hydrogen) atoms. The summed E-state index contributed by atoms with van der Waals surface area (Å²) in [4.78, 5) is 17.9. The van der Waals surface area contributed by atoms with Gasteiger partial charge >= 0.3 is 0 Å². The predicted octanol–water partition coefficient (Wildman–Crippen LogP) is 2.56. The lowest BCUT2D eigenvalue weighted by molar-refractivity contribution is -0.207. The number of hydrogen-bond donors (Lipinski definition) is 2.